The summed E-state index contributed by atoms with van der Waals surface area (Å²) in [6.07, 6.45) is 4.38. The molecule has 0 aromatic heterocycles. The smallest absolute Gasteiger partial charge is 0.193 e. The van der Waals surface area contributed by atoms with E-state index in [4.69, 9.17) is 5.73 Å². The lowest BCUT2D eigenvalue weighted by Crippen LogP contribution is -2.22. The predicted octanol–water partition coefficient (Wildman–Crippen LogP) is 4.73. The first-order valence-electron chi connectivity index (χ1n) is 8.77. The molecule has 2 aromatic rings. The maximum atomic E-state index is 6.06. The summed E-state index contributed by atoms with van der Waals surface area (Å²) >= 11 is 0. The molecule has 0 radical (unpaired) electrons. The van der Waals surface area contributed by atoms with Crippen molar-refractivity contribution in [2.24, 2.45) is 10.7 Å². The molecule has 3 N–H and O–H groups in total. The molecule has 0 bridgehead atoms. The van der Waals surface area contributed by atoms with Crippen molar-refractivity contribution in [1.29, 1.82) is 0 Å². The van der Waals surface area contributed by atoms with Crippen molar-refractivity contribution in [3.8, 4) is 0 Å². The number of hydrogen-bond acceptors (Lipinski definition) is 2. The van der Waals surface area contributed by atoms with E-state index in [1.807, 2.05) is 12.1 Å². The third kappa shape index (κ3) is 5.49. The minimum absolute atomic E-state index is 0. The van der Waals surface area contributed by atoms with Gasteiger partial charge in [0.15, 0.2) is 5.96 Å². The Hall–Kier alpha value is -2.02. The molecule has 0 atom stereocenters. The monoisotopic (exact) mass is 462 g/mol. The van der Waals surface area contributed by atoms with Crippen LogP contribution in [0.2, 0.25) is 0 Å². The fourth-order valence-electron chi connectivity index (χ4n) is 2.88. The minimum Gasteiger partial charge on any atom is -0.370 e. The lowest BCUT2D eigenvalue weighted by Gasteiger charge is -2.18. The summed E-state index contributed by atoms with van der Waals surface area (Å²) in [5, 5.41) is 3.18. The molecule has 138 valence electrons. The molecule has 0 saturated carbocycles. The molecule has 0 saturated heterocycles. The van der Waals surface area contributed by atoms with Crippen LogP contribution in [0, 0.1) is 0 Å². The van der Waals surface area contributed by atoms with Gasteiger partial charge in [0.2, 0.25) is 0 Å². The number of halogens is 1. The highest BCUT2D eigenvalue weighted by Crippen LogP contribution is 2.20. The summed E-state index contributed by atoms with van der Waals surface area (Å²) < 4.78 is 0. The van der Waals surface area contributed by atoms with Crippen LogP contribution in [-0.2, 0) is 6.54 Å². The second-order valence-corrected chi connectivity index (χ2v) is 6.65. The maximum Gasteiger partial charge on any atom is 0.193 e. The van der Waals surface area contributed by atoms with Gasteiger partial charge < -0.3 is 16.0 Å². The summed E-state index contributed by atoms with van der Waals surface area (Å²) in [7, 11) is 0. The van der Waals surface area contributed by atoms with E-state index in [0.29, 0.717) is 18.4 Å². The average Bonchev–Trinajstić information content (AvgIpc) is 3.15. The Morgan fingerprint density at radius 1 is 1.12 bits per heavy atom. The molecule has 5 heteroatoms. The van der Waals surface area contributed by atoms with Crippen molar-refractivity contribution in [3.05, 3.63) is 71.8 Å². The van der Waals surface area contributed by atoms with Crippen molar-refractivity contribution in [2.75, 3.05) is 23.3 Å². The van der Waals surface area contributed by atoms with Crippen molar-refractivity contribution >= 4 is 41.3 Å². The van der Waals surface area contributed by atoms with Crippen LogP contribution in [0.5, 0.6) is 0 Å². The van der Waals surface area contributed by atoms with Gasteiger partial charge in [-0.3, -0.25) is 0 Å². The predicted molar refractivity (Wildman–Crippen MR) is 123 cm³/mol. The van der Waals surface area contributed by atoms with Crippen molar-refractivity contribution in [1.82, 2.24) is 0 Å². The Bertz CT molecular complexity index is 775. The molecule has 0 aliphatic carbocycles. The summed E-state index contributed by atoms with van der Waals surface area (Å²) in [6, 6.07) is 16.8. The van der Waals surface area contributed by atoms with E-state index in [0.717, 1.165) is 24.3 Å². The van der Waals surface area contributed by atoms with Gasteiger partial charge in [0.25, 0.3) is 0 Å². The number of benzene rings is 2. The van der Waals surface area contributed by atoms with E-state index in [1.54, 1.807) is 0 Å². The first-order valence-corrected chi connectivity index (χ1v) is 8.77. The number of anilines is 2. The number of guanidine groups is 1. The van der Waals surface area contributed by atoms with Gasteiger partial charge in [-0.05, 0) is 41.3 Å². The Labute approximate surface area is 173 Å². The minimum atomic E-state index is 0. The molecule has 0 fully saturated rings. The lowest BCUT2D eigenvalue weighted by molar-refractivity contribution is 0.867. The van der Waals surface area contributed by atoms with Gasteiger partial charge >= 0.3 is 0 Å². The zero-order valence-corrected chi connectivity index (χ0v) is 17.7. The molecule has 0 amide bonds. The van der Waals surface area contributed by atoms with Crippen LogP contribution in [0.4, 0.5) is 11.4 Å². The highest BCUT2D eigenvalue weighted by atomic mass is 127. The number of aliphatic imine (C=N–C) groups is 1. The topological polar surface area (TPSA) is 53.6 Å². The average molecular weight is 462 g/mol. The number of nitrogens with one attached hydrogen (secondary N) is 1. The standard InChI is InChI=1S/C21H26N4.HI/c1-16(2)18-8-6-9-19(14-18)24-21(22)23-15-17-7-5-10-20(13-17)25-11-3-4-12-25;/h3-10,13-14,16H,11-12,15H2,1-2H3,(H3,22,23,24);1H. The summed E-state index contributed by atoms with van der Waals surface area (Å²) in [6.45, 7) is 6.88. The fraction of sp³-hybridized carbons (Fsp3) is 0.286. The van der Waals surface area contributed by atoms with Crippen LogP contribution in [0.3, 0.4) is 0 Å². The summed E-state index contributed by atoms with van der Waals surface area (Å²) in [5.74, 6) is 0.928. The summed E-state index contributed by atoms with van der Waals surface area (Å²) in [5.41, 5.74) is 10.7. The quantitative estimate of drug-likeness (QED) is 0.292. The highest BCUT2D eigenvalue weighted by molar-refractivity contribution is 14.0. The molecule has 1 heterocycles. The number of hydrogen-bond donors (Lipinski definition) is 2. The molecule has 3 rings (SSSR count). The Balaban J connectivity index is 0.00000243. The normalized spacial score (nSPS) is 13.8. The van der Waals surface area contributed by atoms with E-state index in [9.17, 15) is 0 Å². The van der Waals surface area contributed by atoms with Crippen LogP contribution in [0.25, 0.3) is 0 Å². The molecule has 2 aromatic carbocycles. The van der Waals surface area contributed by atoms with E-state index >= 15 is 0 Å². The lowest BCUT2D eigenvalue weighted by atomic mass is 10.0. The number of nitrogens with zero attached hydrogens (tertiary/aromatic N) is 2. The van der Waals surface area contributed by atoms with E-state index in [2.05, 4.69) is 77.6 Å². The van der Waals surface area contributed by atoms with Crippen LogP contribution >= 0.6 is 24.0 Å². The third-order valence-corrected chi connectivity index (χ3v) is 4.35. The Kier molecular flexibility index (Phi) is 7.50. The van der Waals surface area contributed by atoms with Gasteiger partial charge in [0, 0.05) is 24.5 Å². The Morgan fingerprint density at radius 2 is 1.85 bits per heavy atom. The van der Waals surface area contributed by atoms with Gasteiger partial charge in [-0.15, -0.1) is 24.0 Å². The molecule has 0 unspecified atom stereocenters. The van der Waals surface area contributed by atoms with E-state index in [1.165, 1.54) is 11.3 Å². The van der Waals surface area contributed by atoms with Crippen LogP contribution in [0.15, 0.2) is 65.7 Å². The molecule has 4 nitrogen and oxygen atoms in total. The third-order valence-electron chi connectivity index (χ3n) is 4.35. The molecule has 1 aliphatic rings. The number of rotatable bonds is 5. The van der Waals surface area contributed by atoms with Crippen LogP contribution in [-0.4, -0.2) is 19.0 Å². The fourth-order valence-corrected chi connectivity index (χ4v) is 2.88. The first-order chi connectivity index (χ1) is 12.1. The molecule has 0 spiro atoms. The van der Waals surface area contributed by atoms with Crippen molar-refractivity contribution in [2.45, 2.75) is 26.3 Å². The van der Waals surface area contributed by atoms with E-state index in [-0.39, 0.29) is 24.0 Å². The first kappa shape index (κ1) is 20.3. The van der Waals surface area contributed by atoms with Gasteiger partial charge in [0.05, 0.1) is 6.54 Å². The zero-order chi connectivity index (χ0) is 17.6. The molecular formula is C21H27IN4. The van der Waals surface area contributed by atoms with Gasteiger partial charge in [-0.1, -0.05) is 50.3 Å². The molecule has 1 aliphatic heterocycles. The molecule has 26 heavy (non-hydrogen) atoms. The highest BCUT2D eigenvalue weighted by Gasteiger charge is 2.07. The van der Waals surface area contributed by atoms with Crippen LogP contribution in [0.1, 0.15) is 30.9 Å². The Morgan fingerprint density at radius 3 is 2.58 bits per heavy atom. The largest absolute Gasteiger partial charge is 0.370 e. The van der Waals surface area contributed by atoms with Crippen molar-refractivity contribution < 1.29 is 0 Å². The maximum absolute atomic E-state index is 6.06. The van der Waals surface area contributed by atoms with Gasteiger partial charge in [0.1, 0.15) is 0 Å². The second kappa shape index (κ2) is 9.62. The van der Waals surface area contributed by atoms with Gasteiger partial charge in [-0.2, -0.15) is 0 Å². The molecular weight excluding hydrogens is 435 g/mol. The summed E-state index contributed by atoms with van der Waals surface area (Å²) in [4.78, 5) is 6.81. The van der Waals surface area contributed by atoms with E-state index < -0.39 is 0 Å². The van der Waals surface area contributed by atoms with Gasteiger partial charge in [-0.25, -0.2) is 4.99 Å². The van der Waals surface area contributed by atoms with Crippen LogP contribution < -0.4 is 16.0 Å². The second-order valence-electron chi connectivity index (χ2n) is 6.65. The van der Waals surface area contributed by atoms with Crippen molar-refractivity contribution in [3.63, 3.8) is 0 Å². The number of nitrogens with two attached hydrogens (primary N) is 1. The zero-order valence-electron chi connectivity index (χ0n) is 15.4. The SMILES string of the molecule is CC(C)c1cccc(NC(N)=NCc2cccc(N3CC=CC3)c2)c1.I.